The normalized spacial score (nSPS) is 17.0. The predicted octanol–water partition coefficient (Wildman–Crippen LogP) is 4.72. The van der Waals surface area contributed by atoms with Crippen molar-refractivity contribution in [2.75, 3.05) is 10.6 Å². The van der Waals surface area contributed by atoms with Gasteiger partial charge in [0.15, 0.2) is 5.78 Å². The number of rotatable bonds is 5. The molecular weight excluding hydrogens is 324 g/mol. The van der Waals surface area contributed by atoms with E-state index in [0.29, 0.717) is 6.42 Å². The molecule has 0 heterocycles. The highest BCUT2D eigenvalue weighted by Crippen LogP contribution is 2.33. The first-order valence-corrected chi connectivity index (χ1v) is 8.98. The Bertz CT molecular complexity index is 825. The molecule has 2 N–H and O–H groups in total. The Kier molecular flexibility index (Phi) is 5.52. The number of nitrogens with one attached hydrogen (secondary N) is 2. The van der Waals surface area contributed by atoms with Gasteiger partial charge in [0, 0.05) is 24.1 Å². The van der Waals surface area contributed by atoms with Gasteiger partial charge in [-0.2, -0.15) is 0 Å². The summed E-state index contributed by atoms with van der Waals surface area (Å²) in [5, 5.41) is 6.29. The van der Waals surface area contributed by atoms with Crippen molar-refractivity contribution < 1.29 is 9.59 Å². The molecule has 1 unspecified atom stereocenters. The Hall–Kier alpha value is -2.88. The molecule has 0 aromatic heterocycles. The van der Waals surface area contributed by atoms with E-state index in [1.807, 2.05) is 56.3 Å². The van der Waals surface area contributed by atoms with Gasteiger partial charge in [-0.25, -0.2) is 0 Å². The second-order valence-electron chi connectivity index (χ2n) is 6.97. The largest absolute Gasteiger partial charge is 0.357 e. The molecule has 0 saturated heterocycles. The zero-order valence-electron chi connectivity index (χ0n) is 15.2. The Morgan fingerprint density at radius 1 is 0.962 bits per heavy atom. The van der Waals surface area contributed by atoms with Crippen molar-refractivity contribution in [1.82, 2.24) is 0 Å². The van der Waals surface area contributed by atoms with Gasteiger partial charge >= 0.3 is 0 Å². The first-order valence-electron chi connectivity index (χ1n) is 8.98. The first-order chi connectivity index (χ1) is 12.5. The molecule has 134 valence electrons. The van der Waals surface area contributed by atoms with Crippen LogP contribution in [0.4, 0.5) is 11.4 Å². The number of hydrogen-bond acceptors (Lipinski definition) is 3. The SMILES string of the molecule is CC(C)C(=O)Nc1ccccc1NC1=CC(=O)CC(c2ccccc2)C1. The lowest BCUT2D eigenvalue weighted by Crippen LogP contribution is -2.20. The highest BCUT2D eigenvalue weighted by molar-refractivity contribution is 5.96. The van der Waals surface area contributed by atoms with Crippen molar-refractivity contribution in [3.05, 3.63) is 71.9 Å². The molecule has 1 atom stereocenters. The van der Waals surface area contributed by atoms with Gasteiger partial charge in [0.25, 0.3) is 0 Å². The third-order valence-electron chi connectivity index (χ3n) is 4.52. The van der Waals surface area contributed by atoms with Crippen molar-refractivity contribution >= 4 is 23.1 Å². The second-order valence-corrected chi connectivity index (χ2v) is 6.97. The summed E-state index contributed by atoms with van der Waals surface area (Å²) >= 11 is 0. The van der Waals surface area contributed by atoms with E-state index in [0.717, 1.165) is 23.5 Å². The van der Waals surface area contributed by atoms with Crippen LogP contribution in [0.2, 0.25) is 0 Å². The van der Waals surface area contributed by atoms with E-state index in [4.69, 9.17) is 0 Å². The fourth-order valence-corrected chi connectivity index (χ4v) is 3.09. The van der Waals surface area contributed by atoms with Crippen LogP contribution < -0.4 is 10.6 Å². The number of carbonyl (C=O) groups is 2. The summed E-state index contributed by atoms with van der Waals surface area (Å²) in [6, 6.07) is 17.7. The minimum absolute atomic E-state index is 0.0323. The Morgan fingerprint density at radius 3 is 2.31 bits per heavy atom. The average molecular weight is 348 g/mol. The summed E-state index contributed by atoms with van der Waals surface area (Å²) in [6.07, 6.45) is 2.98. The van der Waals surface area contributed by atoms with E-state index in [1.54, 1.807) is 6.08 Å². The van der Waals surface area contributed by atoms with E-state index < -0.39 is 0 Å². The third kappa shape index (κ3) is 4.39. The van der Waals surface area contributed by atoms with Gasteiger partial charge in [0.05, 0.1) is 11.4 Å². The highest BCUT2D eigenvalue weighted by Gasteiger charge is 2.22. The quantitative estimate of drug-likeness (QED) is 0.822. The van der Waals surface area contributed by atoms with Crippen molar-refractivity contribution in [3.63, 3.8) is 0 Å². The first kappa shape index (κ1) is 17.9. The maximum absolute atomic E-state index is 12.2. The van der Waals surface area contributed by atoms with Crippen LogP contribution in [0.15, 0.2) is 66.4 Å². The van der Waals surface area contributed by atoms with Gasteiger partial charge in [0.1, 0.15) is 0 Å². The van der Waals surface area contributed by atoms with Crippen LogP contribution in [0.1, 0.15) is 38.2 Å². The van der Waals surface area contributed by atoms with Gasteiger partial charge in [-0.05, 0) is 30.0 Å². The topological polar surface area (TPSA) is 58.2 Å². The van der Waals surface area contributed by atoms with Gasteiger partial charge in [0.2, 0.25) is 5.91 Å². The van der Waals surface area contributed by atoms with Crippen LogP contribution in [0.25, 0.3) is 0 Å². The summed E-state index contributed by atoms with van der Waals surface area (Å²) < 4.78 is 0. The molecule has 0 radical (unpaired) electrons. The van der Waals surface area contributed by atoms with E-state index >= 15 is 0 Å². The van der Waals surface area contributed by atoms with E-state index in [9.17, 15) is 9.59 Å². The summed E-state index contributed by atoms with van der Waals surface area (Å²) in [4.78, 5) is 24.3. The van der Waals surface area contributed by atoms with Crippen LogP contribution in [-0.4, -0.2) is 11.7 Å². The Balaban J connectivity index is 1.78. The number of hydrogen-bond donors (Lipinski definition) is 2. The zero-order valence-corrected chi connectivity index (χ0v) is 15.2. The minimum atomic E-state index is -0.0963. The monoisotopic (exact) mass is 348 g/mol. The molecule has 0 aliphatic heterocycles. The molecule has 2 aromatic rings. The fourth-order valence-electron chi connectivity index (χ4n) is 3.09. The maximum atomic E-state index is 12.2. The molecule has 4 heteroatoms. The summed E-state index contributed by atoms with van der Waals surface area (Å²) in [5.74, 6) is 0.168. The van der Waals surface area contributed by atoms with Gasteiger partial charge in [-0.1, -0.05) is 56.3 Å². The number of anilines is 2. The molecule has 1 aliphatic carbocycles. The molecule has 0 bridgehead atoms. The average Bonchev–Trinajstić information content (AvgIpc) is 2.63. The van der Waals surface area contributed by atoms with Crippen LogP contribution in [0, 0.1) is 5.92 Å². The van der Waals surface area contributed by atoms with Crippen molar-refractivity contribution in [2.24, 2.45) is 5.92 Å². The second kappa shape index (κ2) is 8.00. The molecule has 26 heavy (non-hydrogen) atoms. The van der Waals surface area contributed by atoms with E-state index in [2.05, 4.69) is 22.8 Å². The van der Waals surface area contributed by atoms with Gasteiger partial charge < -0.3 is 10.6 Å². The predicted molar refractivity (Wildman–Crippen MR) is 105 cm³/mol. The maximum Gasteiger partial charge on any atom is 0.226 e. The molecule has 3 rings (SSSR count). The van der Waals surface area contributed by atoms with Crippen molar-refractivity contribution in [1.29, 1.82) is 0 Å². The van der Waals surface area contributed by atoms with Gasteiger partial charge in [-0.3, -0.25) is 9.59 Å². The van der Waals surface area contributed by atoms with Crippen LogP contribution in [-0.2, 0) is 9.59 Å². The standard InChI is InChI=1S/C22H24N2O2/c1-15(2)22(26)24-21-11-7-6-10-20(21)23-18-12-17(13-19(25)14-18)16-8-4-3-5-9-16/h3-11,14-15,17,23H,12-13H2,1-2H3,(H,24,26). The number of benzene rings is 2. The molecule has 0 fully saturated rings. The fraction of sp³-hybridized carbons (Fsp3) is 0.273. The number of allylic oxidation sites excluding steroid dienone is 2. The Labute approximate surface area is 154 Å². The Morgan fingerprint density at radius 2 is 1.62 bits per heavy atom. The zero-order chi connectivity index (χ0) is 18.5. The van der Waals surface area contributed by atoms with Crippen molar-refractivity contribution in [2.45, 2.75) is 32.6 Å². The van der Waals surface area contributed by atoms with E-state index in [-0.39, 0.29) is 23.5 Å². The lowest BCUT2D eigenvalue weighted by Gasteiger charge is -2.24. The summed E-state index contributed by atoms with van der Waals surface area (Å²) in [6.45, 7) is 3.72. The molecular formula is C22H24N2O2. The van der Waals surface area contributed by atoms with Crippen LogP contribution >= 0.6 is 0 Å². The molecule has 1 amide bonds. The molecule has 4 nitrogen and oxygen atoms in total. The number of para-hydroxylation sites is 2. The third-order valence-corrected chi connectivity index (χ3v) is 4.52. The summed E-state index contributed by atoms with van der Waals surface area (Å²) in [7, 11) is 0. The lowest BCUT2D eigenvalue weighted by molar-refractivity contribution is -0.119. The molecule has 1 aliphatic rings. The molecule has 0 spiro atoms. The molecule has 0 saturated carbocycles. The smallest absolute Gasteiger partial charge is 0.226 e. The van der Waals surface area contributed by atoms with Crippen LogP contribution in [0.3, 0.4) is 0 Å². The van der Waals surface area contributed by atoms with Crippen molar-refractivity contribution in [3.8, 4) is 0 Å². The summed E-state index contributed by atoms with van der Waals surface area (Å²) in [5.41, 5.74) is 3.58. The number of amides is 1. The highest BCUT2D eigenvalue weighted by atomic mass is 16.1. The minimum Gasteiger partial charge on any atom is -0.357 e. The molecule has 2 aromatic carbocycles. The number of ketones is 1. The lowest BCUT2D eigenvalue weighted by atomic mass is 9.85. The van der Waals surface area contributed by atoms with Gasteiger partial charge in [-0.15, -0.1) is 0 Å². The number of carbonyl (C=O) groups excluding carboxylic acids is 2. The van der Waals surface area contributed by atoms with Crippen LogP contribution in [0.5, 0.6) is 0 Å². The van der Waals surface area contributed by atoms with E-state index in [1.165, 1.54) is 5.56 Å².